The highest BCUT2D eigenvalue weighted by Crippen LogP contribution is 2.41. The first-order valence-corrected chi connectivity index (χ1v) is 15.8. The van der Waals surface area contributed by atoms with Gasteiger partial charge in [-0.15, -0.1) is 0 Å². The van der Waals surface area contributed by atoms with E-state index in [-0.39, 0.29) is 18.0 Å². The molecular formula is C26H32FN5O2Si. The maximum Gasteiger partial charge on any atom is 0.160 e. The topological polar surface area (TPSA) is 67.0 Å². The van der Waals surface area contributed by atoms with Crippen LogP contribution in [-0.4, -0.2) is 45.3 Å². The molecule has 7 nitrogen and oxygen atoms in total. The third-order valence-corrected chi connectivity index (χ3v) is 8.40. The standard InChI is InChI=1S/C26H32FN5O2Si/c1-17-18(2)34-15-23-24(25(30-32(17)23)19-6-8-20(27)9-7-19)21-10-11-28-26-22(21)14-29-31(26)16-33-12-13-35(3,4)5/h6-11,14,17-18H,12-13,15-16H2,1-5H3/t17-,18+/m1/s1. The van der Waals surface area contributed by atoms with Crippen LogP contribution in [0.1, 0.15) is 25.6 Å². The van der Waals surface area contributed by atoms with Crippen LogP contribution < -0.4 is 0 Å². The Balaban J connectivity index is 1.58. The van der Waals surface area contributed by atoms with E-state index in [2.05, 4.69) is 48.3 Å². The number of hydrogen-bond acceptors (Lipinski definition) is 5. The molecule has 1 aliphatic heterocycles. The Hall–Kier alpha value is -2.88. The molecule has 9 heteroatoms. The minimum atomic E-state index is -1.16. The van der Waals surface area contributed by atoms with Crippen LogP contribution in [0, 0.1) is 5.82 Å². The number of hydrogen-bond donors (Lipinski definition) is 0. The molecule has 4 aromatic rings. The zero-order chi connectivity index (χ0) is 24.7. The largest absolute Gasteiger partial charge is 0.370 e. The summed E-state index contributed by atoms with van der Waals surface area (Å²) in [4.78, 5) is 4.61. The molecule has 1 aliphatic rings. The van der Waals surface area contributed by atoms with Crippen molar-refractivity contribution in [1.82, 2.24) is 24.5 Å². The van der Waals surface area contributed by atoms with E-state index in [1.165, 1.54) is 12.1 Å². The predicted octanol–water partition coefficient (Wildman–Crippen LogP) is 5.89. The molecule has 2 atom stereocenters. The van der Waals surface area contributed by atoms with E-state index in [1.807, 2.05) is 12.3 Å². The molecule has 0 amide bonds. The first-order chi connectivity index (χ1) is 16.7. The van der Waals surface area contributed by atoms with Crippen LogP contribution in [0.25, 0.3) is 33.4 Å². The van der Waals surface area contributed by atoms with Gasteiger partial charge in [-0.25, -0.2) is 14.1 Å². The highest BCUT2D eigenvalue weighted by molar-refractivity contribution is 6.76. The Morgan fingerprint density at radius 1 is 1.14 bits per heavy atom. The first-order valence-electron chi connectivity index (χ1n) is 12.1. The molecule has 35 heavy (non-hydrogen) atoms. The lowest BCUT2D eigenvalue weighted by atomic mass is 9.97. The third kappa shape index (κ3) is 4.68. The fraction of sp³-hybridized carbons (Fsp3) is 0.423. The molecule has 0 aliphatic carbocycles. The smallest absolute Gasteiger partial charge is 0.160 e. The van der Waals surface area contributed by atoms with E-state index >= 15 is 0 Å². The molecular weight excluding hydrogens is 461 g/mol. The summed E-state index contributed by atoms with van der Waals surface area (Å²) in [5.74, 6) is -0.272. The second kappa shape index (κ2) is 9.29. The normalized spacial score (nSPS) is 18.2. The van der Waals surface area contributed by atoms with Gasteiger partial charge in [0, 0.05) is 37.4 Å². The average molecular weight is 494 g/mol. The molecule has 0 N–H and O–H groups in total. The third-order valence-electron chi connectivity index (χ3n) is 6.69. The van der Waals surface area contributed by atoms with Gasteiger partial charge in [0.2, 0.25) is 0 Å². The predicted molar refractivity (Wildman–Crippen MR) is 137 cm³/mol. The lowest BCUT2D eigenvalue weighted by Crippen LogP contribution is -2.29. The minimum Gasteiger partial charge on any atom is -0.370 e. The Kier molecular flexibility index (Phi) is 6.33. The maximum absolute atomic E-state index is 13.7. The summed E-state index contributed by atoms with van der Waals surface area (Å²) < 4.78 is 29.6. The number of halogens is 1. The van der Waals surface area contributed by atoms with Gasteiger partial charge >= 0.3 is 0 Å². The highest BCUT2D eigenvalue weighted by Gasteiger charge is 2.31. The summed E-state index contributed by atoms with van der Waals surface area (Å²) in [7, 11) is -1.16. The lowest BCUT2D eigenvalue weighted by Gasteiger charge is -2.28. The molecule has 184 valence electrons. The van der Waals surface area contributed by atoms with Crippen molar-refractivity contribution in [3.63, 3.8) is 0 Å². The zero-order valence-corrected chi connectivity index (χ0v) is 22.0. The van der Waals surface area contributed by atoms with Gasteiger partial charge in [0.1, 0.15) is 18.2 Å². The van der Waals surface area contributed by atoms with Gasteiger partial charge in [-0.1, -0.05) is 19.6 Å². The van der Waals surface area contributed by atoms with Crippen LogP contribution in [0.5, 0.6) is 0 Å². The lowest BCUT2D eigenvalue weighted by molar-refractivity contribution is -0.0101. The van der Waals surface area contributed by atoms with Crippen molar-refractivity contribution in [2.75, 3.05) is 6.61 Å². The van der Waals surface area contributed by atoms with Crippen molar-refractivity contribution < 1.29 is 13.9 Å². The van der Waals surface area contributed by atoms with E-state index < -0.39 is 8.07 Å². The van der Waals surface area contributed by atoms with Crippen LogP contribution in [0.2, 0.25) is 25.7 Å². The van der Waals surface area contributed by atoms with Crippen LogP contribution in [-0.2, 0) is 22.8 Å². The summed E-state index contributed by atoms with van der Waals surface area (Å²) in [6.45, 7) is 12.7. The Morgan fingerprint density at radius 3 is 2.66 bits per heavy atom. The van der Waals surface area contributed by atoms with Gasteiger partial charge in [0.05, 0.1) is 30.6 Å². The van der Waals surface area contributed by atoms with Crippen molar-refractivity contribution >= 4 is 19.1 Å². The van der Waals surface area contributed by atoms with Crippen LogP contribution >= 0.6 is 0 Å². The molecule has 0 saturated heterocycles. The summed E-state index contributed by atoms with van der Waals surface area (Å²) in [6, 6.07) is 9.66. The molecule has 0 spiro atoms. The van der Waals surface area contributed by atoms with Gasteiger partial charge in [-0.3, -0.25) is 4.68 Å². The quantitative estimate of drug-likeness (QED) is 0.237. The fourth-order valence-electron chi connectivity index (χ4n) is 4.40. The summed E-state index contributed by atoms with van der Waals surface area (Å²) >= 11 is 0. The van der Waals surface area contributed by atoms with Crippen molar-refractivity contribution in [2.45, 2.75) is 65.0 Å². The number of pyridine rings is 1. The average Bonchev–Trinajstić information content (AvgIpc) is 3.41. The Morgan fingerprint density at radius 2 is 1.91 bits per heavy atom. The minimum absolute atomic E-state index is 0.0461. The SMILES string of the molecule is C[C@@H]1OCc2c(-c3ccnc4c3cnn4COCC[Si](C)(C)C)c(-c3ccc(F)cc3)nn2[C@@H]1C. The van der Waals surface area contributed by atoms with E-state index in [1.54, 1.807) is 23.0 Å². The van der Waals surface area contributed by atoms with E-state index in [0.29, 0.717) is 13.3 Å². The zero-order valence-electron chi connectivity index (χ0n) is 21.0. The van der Waals surface area contributed by atoms with Gasteiger partial charge in [-0.2, -0.15) is 10.2 Å². The highest BCUT2D eigenvalue weighted by atomic mass is 28.3. The summed E-state index contributed by atoms with van der Waals surface area (Å²) in [5.41, 5.74) is 5.38. The van der Waals surface area contributed by atoms with Crippen LogP contribution in [0.4, 0.5) is 4.39 Å². The molecule has 0 bridgehead atoms. The number of nitrogens with zero attached hydrogens (tertiary/aromatic N) is 5. The van der Waals surface area contributed by atoms with Crippen LogP contribution in [0.15, 0.2) is 42.7 Å². The van der Waals surface area contributed by atoms with E-state index in [9.17, 15) is 4.39 Å². The van der Waals surface area contributed by atoms with Gasteiger partial charge in [0.25, 0.3) is 0 Å². The molecule has 5 rings (SSSR count). The number of aromatic nitrogens is 5. The number of fused-ring (bicyclic) bond motifs is 2. The number of ether oxygens (including phenoxy) is 2. The number of rotatable bonds is 7. The molecule has 1 aromatic carbocycles. The molecule has 0 saturated carbocycles. The van der Waals surface area contributed by atoms with Crippen molar-refractivity contribution in [3.05, 3.63) is 54.2 Å². The van der Waals surface area contributed by atoms with Gasteiger partial charge in [0.15, 0.2) is 5.65 Å². The molecule has 4 heterocycles. The number of benzene rings is 1. The Labute approximate surface area is 205 Å². The maximum atomic E-state index is 13.7. The fourth-order valence-corrected chi connectivity index (χ4v) is 5.16. The van der Waals surface area contributed by atoms with Gasteiger partial charge in [-0.05, 0) is 55.8 Å². The van der Waals surface area contributed by atoms with Crippen LogP contribution in [0.3, 0.4) is 0 Å². The van der Waals surface area contributed by atoms with E-state index in [4.69, 9.17) is 14.6 Å². The van der Waals surface area contributed by atoms with E-state index in [0.717, 1.165) is 51.8 Å². The molecule has 0 radical (unpaired) electrons. The second-order valence-corrected chi connectivity index (χ2v) is 16.1. The first kappa shape index (κ1) is 23.8. The summed E-state index contributed by atoms with van der Waals surface area (Å²) in [6.07, 6.45) is 3.68. The molecule has 0 fully saturated rings. The van der Waals surface area contributed by atoms with Gasteiger partial charge < -0.3 is 9.47 Å². The van der Waals surface area contributed by atoms with Crippen molar-refractivity contribution in [2.24, 2.45) is 0 Å². The van der Waals surface area contributed by atoms with Crippen molar-refractivity contribution in [3.8, 4) is 22.4 Å². The van der Waals surface area contributed by atoms with Crippen molar-refractivity contribution in [1.29, 1.82) is 0 Å². The Bertz CT molecular complexity index is 1340. The molecule has 0 unspecified atom stereocenters. The monoisotopic (exact) mass is 493 g/mol. The molecule has 3 aromatic heterocycles. The second-order valence-electron chi connectivity index (χ2n) is 10.5. The summed E-state index contributed by atoms with van der Waals surface area (Å²) in [5, 5.41) is 10.5.